The van der Waals surface area contributed by atoms with Gasteiger partial charge in [0.15, 0.2) is 0 Å². The Hall–Kier alpha value is -0.540. The van der Waals surface area contributed by atoms with Gasteiger partial charge in [-0.25, -0.2) is 0 Å². The average molecular weight is 210 g/mol. The number of nitrogen functional groups attached to an aromatic ring is 1. The lowest BCUT2D eigenvalue weighted by Gasteiger charge is -2.32. The summed E-state index contributed by atoms with van der Waals surface area (Å²) in [5, 5.41) is 5.61. The first kappa shape index (κ1) is 9.99. The van der Waals surface area contributed by atoms with Gasteiger partial charge in [0.1, 0.15) is 0 Å². The summed E-state index contributed by atoms with van der Waals surface area (Å²) in [6, 6.07) is 2.63. The molecule has 1 saturated carbocycles. The van der Waals surface area contributed by atoms with Gasteiger partial charge in [-0.15, -0.1) is 11.3 Å². The second-order valence-electron chi connectivity index (χ2n) is 4.16. The van der Waals surface area contributed by atoms with E-state index in [1.54, 1.807) is 11.3 Å². The molecule has 3 N–H and O–H groups in total. The molecule has 1 heterocycles. The number of anilines is 1. The topological polar surface area (TPSA) is 38.0 Å². The summed E-state index contributed by atoms with van der Waals surface area (Å²) in [6.07, 6.45) is 4.21. The Labute approximate surface area is 89.5 Å². The zero-order valence-corrected chi connectivity index (χ0v) is 9.44. The van der Waals surface area contributed by atoms with Crippen LogP contribution in [0.2, 0.25) is 0 Å². The smallest absolute Gasteiger partial charge is 0.0468 e. The van der Waals surface area contributed by atoms with Gasteiger partial charge in [-0.1, -0.05) is 6.42 Å². The maximum absolute atomic E-state index is 5.82. The molecule has 2 nitrogen and oxygen atoms in total. The standard InChI is InChI=1S/C11H18N2S/c1-8(9-3-2-4-9)13-7-11-10(12)5-6-14-11/h5-6,8-9,13H,2-4,7,12H2,1H3. The van der Waals surface area contributed by atoms with Crippen molar-refractivity contribution >= 4 is 17.0 Å². The maximum atomic E-state index is 5.82. The number of thiophene rings is 1. The quantitative estimate of drug-likeness (QED) is 0.801. The van der Waals surface area contributed by atoms with Crippen molar-refractivity contribution < 1.29 is 0 Å². The van der Waals surface area contributed by atoms with Crippen LogP contribution < -0.4 is 11.1 Å². The van der Waals surface area contributed by atoms with Gasteiger partial charge in [0.2, 0.25) is 0 Å². The monoisotopic (exact) mass is 210 g/mol. The van der Waals surface area contributed by atoms with E-state index in [1.165, 1.54) is 24.1 Å². The first-order chi connectivity index (χ1) is 6.77. The Morgan fingerprint density at radius 1 is 1.64 bits per heavy atom. The van der Waals surface area contributed by atoms with E-state index in [0.717, 1.165) is 18.2 Å². The van der Waals surface area contributed by atoms with E-state index in [9.17, 15) is 0 Å². The SMILES string of the molecule is CC(NCc1sccc1N)C1CCC1. The van der Waals surface area contributed by atoms with Gasteiger partial charge in [-0.3, -0.25) is 0 Å². The van der Waals surface area contributed by atoms with Gasteiger partial charge >= 0.3 is 0 Å². The fourth-order valence-corrected chi connectivity index (χ4v) is 2.60. The number of hydrogen-bond acceptors (Lipinski definition) is 3. The number of hydrogen-bond donors (Lipinski definition) is 2. The van der Waals surface area contributed by atoms with E-state index < -0.39 is 0 Å². The van der Waals surface area contributed by atoms with Crippen LogP contribution >= 0.6 is 11.3 Å². The molecule has 0 saturated heterocycles. The third-order valence-electron chi connectivity index (χ3n) is 3.22. The Bertz CT molecular complexity index is 291. The van der Waals surface area contributed by atoms with E-state index in [1.807, 2.05) is 6.07 Å². The van der Waals surface area contributed by atoms with Crippen LogP contribution in [0.4, 0.5) is 5.69 Å². The van der Waals surface area contributed by atoms with Crippen molar-refractivity contribution in [2.45, 2.75) is 38.8 Å². The summed E-state index contributed by atoms with van der Waals surface area (Å²) in [4.78, 5) is 1.27. The maximum Gasteiger partial charge on any atom is 0.0468 e. The fraction of sp³-hybridized carbons (Fsp3) is 0.636. The average Bonchev–Trinajstić information content (AvgIpc) is 2.44. The molecule has 1 unspecified atom stereocenters. The van der Waals surface area contributed by atoms with Gasteiger partial charge in [0.05, 0.1) is 0 Å². The first-order valence-corrected chi connectivity index (χ1v) is 6.20. The zero-order chi connectivity index (χ0) is 9.97. The van der Waals surface area contributed by atoms with Crippen molar-refractivity contribution in [1.29, 1.82) is 0 Å². The second kappa shape index (κ2) is 4.32. The lowest BCUT2D eigenvalue weighted by atomic mass is 9.80. The Morgan fingerprint density at radius 2 is 2.43 bits per heavy atom. The Balaban J connectivity index is 1.79. The minimum absolute atomic E-state index is 0.644. The molecular formula is C11H18N2S. The van der Waals surface area contributed by atoms with Crippen molar-refractivity contribution in [3.8, 4) is 0 Å². The molecule has 3 heteroatoms. The van der Waals surface area contributed by atoms with Crippen LogP contribution in [0.15, 0.2) is 11.4 Å². The molecule has 1 aromatic rings. The van der Waals surface area contributed by atoms with Crippen LogP contribution in [0, 0.1) is 5.92 Å². The molecular weight excluding hydrogens is 192 g/mol. The van der Waals surface area contributed by atoms with Crippen molar-refractivity contribution in [3.05, 3.63) is 16.3 Å². The third-order valence-corrected chi connectivity index (χ3v) is 4.16. The fourth-order valence-electron chi connectivity index (χ4n) is 1.85. The molecule has 1 aliphatic carbocycles. The predicted octanol–water partition coefficient (Wildman–Crippen LogP) is 2.61. The molecule has 0 aliphatic heterocycles. The highest BCUT2D eigenvalue weighted by Crippen LogP contribution is 2.29. The summed E-state index contributed by atoms with van der Waals surface area (Å²) >= 11 is 1.74. The van der Waals surface area contributed by atoms with Crippen LogP contribution in [0.1, 0.15) is 31.1 Å². The van der Waals surface area contributed by atoms with E-state index in [-0.39, 0.29) is 0 Å². The molecule has 78 valence electrons. The van der Waals surface area contributed by atoms with Crippen molar-refractivity contribution in [1.82, 2.24) is 5.32 Å². The highest BCUT2D eigenvalue weighted by Gasteiger charge is 2.23. The summed E-state index contributed by atoms with van der Waals surface area (Å²) < 4.78 is 0. The van der Waals surface area contributed by atoms with E-state index in [2.05, 4.69) is 17.6 Å². The van der Waals surface area contributed by atoms with E-state index in [0.29, 0.717) is 6.04 Å². The number of nitrogens with two attached hydrogens (primary N) is 1. The largest absolute Gasteiger partial charge is 0.398 e. The van der Waals surface area contributed by atoms with Gasteiger partial charge in [0.25, 0.3) is 0 Å². The molecule has 14 heavy (non-hydrogen) atoms. The Morgan fingerprint density at radius 3 is 2.93 bits per heavy atom. The van der Waals surface area contributed by atoms with Gasteiger partial charge in [-0.2, -0.15) is 0 Å². The van der Waals surface area contributed by atoms with Crippen LogP contribution in [-0.4, -0.2) is 6.04 Å². The molecule has 0 spiro atoms. The first-order valence-electron chi connectivity index (χ1n) is 5.32. The zero-order valence-electron chi connectivity index (χ0n) is 8.62. The predicted molar refractivity (Wildman–Crippen MR) is 62.4 cm³/mol. The van der Waals surface area contributed by atoms with Crippen LogP contribution in [-0.2, 0) is 6.54 Å². The number of rotatable bonds is 4. The lowest BCUT2D eigenvalue weighted by Crippen LogP contribution is -2.36. The van der Waals surface area contributed by atoms with Crippen molar-refractivity contribution in [3.63, 3.8) is 0 Å². The molecule has 1 fully saturated rings. The molecule has 2 rings (SSSR count). The summed E-state index contributed by atoms with van der Waals surface area (Å²) in [5.41, 5.74) is 6.75. The van der Waals surface area contributed by atoms with E-state index >= 15 is 0 Å². The van der Waals surface area contributed by atoms with E-state index in [4.69, 9.17) is 5.73 Å². The van der Waals surface area contributed by atoms with Crippen molar-refractivity contribution in [2.24, 2.45) is 5.92 Å². The lowest BCUT2D eigenvalue weighted by molar-refractivity contribution is 0.240. The van der Waals surface area contributed by atoms with Gasteiger partial charge in [0, 0.05) is 23.2 Å². The molecule has 0 bridgehead atoms. The molecule has 0 radical (unpaired) electrons. The number of nitrogens with one attached hydrogen (secondary N) is 1. The summed E-state index contributed by atoms with van der Waals surface area (Å²) in [7, 11) is 0. The van der Waals surface area contributed by atoms with Crippen molar-refractivity contribution in [2.75, 3.05) is 5.73 Å². The molecule has 0 aromatic carbocycles. The molecule has 1 aliphatic rings. The molecule has 1 aromatic heterocycles. The summed E-state index contributed by atoms with van der Waals surface area (Å²) in [6.45, 7) is 3.22. The third kappa shape index (κ3) is 2.10. The Kier molecular flexibility index (Phi) is 3.08. The highest BCUT2D eigenvalue weighted by molar-refractivity contribution is 7.10. The van der Waals surface area contributed by atoms with Crippen LogP contribution in [0.3, 0.4) is 0 Å². The minimum atomic E-state index is 0.644. The van der Waals surface area contributed by atoms with Crippen LogP contribution in [0.25, 0.3) is 0 Å². The second-order valence-corrected chi connectivity index (χ2v) is 5.16. The summed E-state index contributed by atoms with van der Waals surface area (Å²) in [5.74, 6) is 0.899. The van der Waals surface area contributed by atoms with Gasteiger partial charge in [-0.05, 0) is 37.1 Å². The molecule has 1 atom stereocenters. The normalized spacial score (nSPS) is 19.2. The van der Waals surface area contributed by atoms with Crippen LogP contribution in [0.5, 0.6) is 0 Å². The molecule has 0 amide bonds. The minimum Gasteiger partial charge on any atom is -0.398 e. The van der Waals surface area contributed by atoms with Gasteiger partial charge < -0.3 is 11.1 Å². The highest BCUT2D eigenvalue weighted by atomic mass is 32.1.